The second-order valence-electron chi connectivity index (χ2n) is 5.16. The Morgan fingerprint density at radius 2 is 2.19 bits per heavy atom. The van der Waals surface area contributed by atoms with Gasteiger partial charge in [-0.25, -0.2) is 8.42 Å². The first-order chi connectivity index (χ1) is 10.0. The molecule has 0 amide bonds. The van der Waals surface area contributed by atoms with E-state index in [0.717, 1.165) is 11.4 Å². The molecule has 0 spiro atoms. The van der Waals surface area contributed by atoms with E-state index in [-0.39, 0.29) is 10.9 Å². The Labute approximate surface area is 127 Å². The molecule has 21 heavy (non-hydrogen) atoms. The van der Waals surface area contributed by atoms with Crippen molar-refractivity contribution >= 4 is 32.8 Å². The molecule has 1 unspecified atom stereocenters. The van der Waals surface area contributed by atoms with Gasteiger partial charge >= 0.3 is 0 Å². The molecule has 2 aliphatic heterocycles. The maximum absolute atomic E-state index is 13.0. The fraction of sp³-hybridized carbons (Fsp3) is 0.500. The summed E-state index contributed by atoms with van der Waals surface area (Å²) in [6.07, 6.45) is 0. The first-order valence-electron chi connectivity index (χ1n) is 6.66. The highest BCUT2D eigenvalue weighted by molar-refractivity contribution is 7.89. The summed E-state index contributed by atoms with van der Waals surface area (Å²) in [7, 11) is -1.64. The van der Waals surface area contributed by atoms with Crippen LogP contribution in [-0.2, 0) is 21.4 Å². The lowest BCUT2D eigenvalue weighted by atomic mass is 10.2. The maximum Gasteiger partial charge on any atom is 0.245 e. The van der Waals surface area contributed by atoms with E-state index >= 15 is 0 Å². The Morgan fingerprint density at radius 1 is 1.38 bits per heavy atom. The van der Waals surface area contributed by atoms with Crippen LogP contribution in [0.3, 0.4) is 0 Å². The van der Waals surface area contributed by atoms with Gasteiger partial charge in [0.1, 0.15) is 16.3 Å². The standard InChI is InChI=1S/C12H17N5O2S2/c1-16-5-6-17(9(7-13)8-16)21(18,19)11-4-2-3-10-12(11)15-20-14-10/h2-4,9H,5-8,13H2,1H3. The zero-order chi connectivity index (χ0) is 15.0. The zero-order valence-electron chi connectivity index (χ0n) is 11.6. The molecule has 0 radical (unpaired) electrons. The SMILES string of the molecule is CN1CCN(S(=O)(=O)c2cccc3c2N=S=N3)C(CN)C1. The monoisotopic (exact) mass is 327 g/mol. The molecule has 0 bridgehead atoms. The second-order valence-corrected chi connectivity index (χ2v) is 7.54. The number of rotatable bonds is 3. The smallest absolute Gasteiger partial charge is 0.245 e. The van der Waals surface area contributed by atoms with Crippen LogP contribution in [0.25, 0.3) is 0 Å². The minimum absolute atomic E-state index is 0.212. The Balaban J connectivity index is 2.01. The number of hydrogen-bond donors (Lipinski definition) is 1. The van der Waals surface area contributed by atoms with E-state index < -0.39 is 10.0 Å². The van der Waals surface area contributed by atoms with E-state index in [9.17, 15) is 8.42 Å². The third-order valence-corrected chi connectivity index (χ3v) is 6.27. The van der Waals surface area contributed by atoms with Gasteiger partial charge in [0.25, 0.3) is 0 Å². The van der Waals surface area contributed by atoms with Crippen molar-refractivity contribution in [3.63, 3.8) is 0 Å². The molecule has 1 aromatic rings. The molecule has 9 heteroatoms. The highest BCUT2D eigenvalue weighted by Gasteiger charge is 2.36. The largest absolute Gasteiger partial charge is 0.329 e. The molecule has 1 aromatic carbocycles. The summed E-state index contributed by atoms with van der Waals surface area (Å²) < 4.78 is 35.7. The van der Waals surface area contributed by atoms with Gasteiger partial charge in [-0.15, -0.1) is 0 Å². The van der Waals surface area contributed by atoms with Crippen LogP contribution in [0.4, 0.5) is 11.4 Å². The fourth-order valence-corrected chi connectivity index (χ4v) is 4.99. The van der Waals surface area contributed by atoms with Crippen molar-refractivity contribution in [2.45, 2.75) is 10.9 Å². The van der Waals surface area contributed by atoms with Crippen molar-refractivity contribution in [2.24, 2.45) is 14.5 Å². The third-order valence-electron chi connectivity index (χ3n) is 3.74. The summed E-state index contributed by atoms with van der Waals surface area (Å²) in [6.45, 7) is 2.07. The molecule has 7 nitrogen and oxygen atoms in total. The van der Waals surface area contributed by atoms with E-state index in [0.29, 0.717) is 37.6 Å². The predicted octanol–water partition coefficient (Wildman–Crippen LogP) is 0.676. The van der Waals surface area contributed by atoms with Gasteiger partial charge in [-0.3, -0.25) is 0 Å². The zero-order valence-corrected chi connectivity index (χ0v) is 13.3. The summed E-state index contributed by atoms with van der Waals surface area (Å²) in [5, 5.41) is 0. The number of sulfonamides is 1. The quantitative estimate of drug-likeness (QED) is 0.897. The van der Waals surface area contributed by atoms with Crippen LogP contribution in [0.1, 0.15) is 0 Å². The molecule has 2 aliphatic rings. The van der Waals surface area contributed by atoms with Crippen molar-refractivity contribution in [2.75, 3.05) is 33.2 Å². The molecule has 114 valence electrons. The summed E-state index contributed by atoms with van der Waals surface area (Å²) >= 11 is 1.02. The highest BCUT2D eigenvalue weighted by atomic mass is 32.2. The number of nitrogens with zero attached hydrogens (tertiary/aromatic N) is 4. The number of piperazine rings is 1. The summed E-state index contributed by atoms with van der Waals surface area (Å²) in [4.78, 5) is 2.31. The van der Waals surface area contributed by atoms with Crippen LogP contribution in [0.5, 0.6) is 0 Å². The van der Waals surface area contributed by atoms with Gasteiger partial charge in [0, 0.05) is 26.2 Å². The number of likely N-dealkylation sites (N-methyl/N-ethyl adjacent to an activating group) is 1. The number of benzene rings is 1. The van der Waals surface area contributed by atoms with Crippen LogP contribution in [0.15, 0.2) is 31.8 Å². The van der Waals surface area contributed by atoms with Crippen molar-refractivity contribution in [1.29, 1.82) is 0 Å². The third kappa shape index (κ3) is 2.55. The lowest BCUT2D eigenvalue weighted by molar-refractivity contribution is 0.164. The molecule has 2 N–H and O–H groups in total. The number of hydrogen-bond acceptors (Lipinski definition) is 6. The van der Waals surface area contributed by atoms with Crippen molar-refractivity contribution in [3.8, 4) is 0 Å². The first-order valence-corrected chi connectivity index (χ1v) is 8.83. The topological polar surface area (TPSA) is 91.4 Å². The maximum atomic E-state index is 13.0. The number of fused-ring (bicyclic) bond motifs is 1. The van der Waals surface area contributed by atoms with Crippen molar-refractivity contribution in [1.82, 2.24) is 9.21 Å². The molecule has 0 aliphatic carbocycles. The Hall–Kier alpha value is -1.13. The molecule has 3 rings (SSSR count). The summed E-state index contributed by atoms with van der Waals surface area (Å²) in [5.74, 6) is 0. The minimum atomic E-state index is -3.61. The van der Waals surface area contributed by atoms with Crippen LogP contribution < -0.4 is 5.73 Å². The van der Waals surface area contributed by atoms with Crippen LogP contribution in [-0.4, -0.2) is 56.9 Å². The number of nitrogens with two attached hydrogens (primary N) is 1. The lowest BCUT2D eigenvalue weighted by Gasteiger charge is -2.38. The fourth-order valence-electron chi connectivity index (χ4n) is 2.62. The average molecular weight is 327 g/mol. The van der Waals surface area contributed by atoms with Gasteiger partial charge in [0.05, 0.1) is 17.4 Å². The highest BCUT2D eigenvalue weighted by Crippen LogP contribution is 2.39. The van der Waals surface area contributed by atoms with Gasteiger partial charge in [0.15, 0.2) is 0 Å². The Morgan fingerprint density at radius 3 is 2.95 bits per heavy atom. The van der Waals surface area contributed by atoms with E-state index in [2.05, 4.69) is 13.6 Å². The van der Waals surface area contributed by atoms with Gasteiger partial charge in [-0.1, -0.05) is 6.07 Å². The normalized spacial score (nSPS) is 23.0. The van der Waals surface area contributed by atoms with Crippen LogP contribution in [0, 0.1) is 0 Å². The van der Waals surface area contributed by atoms with Crippen LogP contribution in [0.2, 0.25) is 0 Å². The average Bonchev–Trinajstić information content (AvgIpc) is 2.94. The molecule has 0 aromatic heterocycles. The summed E-state index contributed by atoms with van der Waals surface area (Å²) in [5.41, 5.74) is 6.82. The minimum Gasteiger partial charge on any atom is -0.329 e. The van der Waals surface area contributed by atoms with E-state index in [1.807, 2.05) is 7.05 Å². The molecule has 1 saturated heterocycles. The molecule has 1 atom stereocenters. The Bertz CT molecular complexity index is 727. The summed E-state index contributed by atoms with van der Waals surface area (Å²) in [6, 6.07) is 4.84. The lowest BCUT2D eigenvalue weighted by Crippen LogP contribution is -2.56. The Kier molecular flexibility index (Phi) is 3.93. The van der Waals surface area contributed by atoms with E-state index in [4.69, 9.17) is 5.73 Å². The predicted molar refractivity (Wildman–Crippen MR) is 82.2 cm³/mol. The van der Waals surface area contributed by atoms with Crippen molar-refractivity contribution in [3.05, 3.63) is 18.2 Å². The van der Waals surface area contributed by atoms with Gasteiger partial charge in [-0.2, -0.15) is 13.0 Å². The molecule has 2 heterocycles. The second kappa shape index (κ2) is 5.58. The van der Waals surface area contributed by atoms with E-state index in [1.165, 1.54) is 4.31 Å². The van der Waals surface area contributed by atoms with Crippen molar-refractivity contribution < 1.29 is 8.42 Å². The molecular weight excluding hydrogens is 310 g/mol. The first kappa shape index (κ1) is 14.8. The molecular formula is C12H17N5O2S2. The van der Waals surface area contributed by atoms with Gasteiger partial charge < -0.3 is 10.6 Å². The van der Waals surface area contributed by atoms with Crippen LogP contribution >= 0.6 is 0 Å². The molecule has 0 saturated carbocycles. The van der Waals surface area contributed by atoms with Gasteiger partial charge in [-0.05, 0) is 19.2 Å². The molecule has 1 fully saturated rings. The van der Waals surface area contributed by atoms with E-state index in [1.54, 1.807) is 18.2 Å². The van der Waals surface area contributed by atoms with Gasteiger partial charge in [0.2, 0.25) is 10.0 Å².